The van der Waals surface area contributed by atoms with Gasteiger partial charge in [0.25, 0.3) is 0 Å². The molecule has 16 heavy (non-hydrogen) atoms. The van der Waals surface area contributed by atoms with Gasteiger partial charge in [0.2, 0.25) is 0 Å². The van der Waals surface area contributed by atoms with Gasteiger partial charge in [-0.05, 0) is 25.0 Å². The third kappa shape index (κ3) is 2.71. The zero-order chi connectivity index (χ0) is 11.5. The van der Waals surface area contributed by atoms with Crippen LogP contribution in [0.25, 0.3) is 0 Å². The number of anilines is 1. The lowest BCUT2D eigenvalue weighted by Crippen LogP contribution is -2.28. The Kier molecular flexibility index (Phi) is 3.76. The summed E-state index contributed by atoms with van der Waals surface area (Å²) in [6.07, 6.45) is 1.55. The minimum absolute atomic E-state index is 0.0462. The number of benzene rings is 1. The van der Waals surface area contributed by atoms with E-state index in [1.165, 1.54) is 12.1 Å². The summed E-state index contributed by atoms with van der Waals surface area (Å²) in [7, 11) is 0. The number of halogens is 3. The molecule has 2 nitrogen and oxygen atoms in total. The van der Waals surface area contributed by atoms with Crippen LogP contribution in [0.3, 0.4) is 0 Å². The summed E-state index contributed by atoms with van der Waals surface area (Å²) < 4.78 is 32.6. The van der Waals surface area contributed by atoms with Crippen LogP contribution in [0.1, 0.15) is 12.8 Å². The molecule has 0 saturated carbocycles. The van der Waals surface area contributed by atoms with Crippen molar-refractivity contribution in [1.82, 2.24) is 0 Å². The van der Waals surface area contributed by atoms with Gasteiger partial charge >= 0.3 is 0 Å². The van der Waals surface area contributed by atoms with Gasteiger partial charge in [-0.3, -0.25) is 0 Å². The highest BCUT2D eigenvalue weighted by atomic mass is 79.9. The van der Waals surface area contributed by atoms with E-state index >= 15 is 0 Å². The van der Waals surface area contributed by atoms with E-state index in [9.17, 15) is 8.78 Å². The zero-order valence-corrected chi connectivity index (χ0v) is 10.2. The molecule has 1 fully saturated rings. The number of rotatable bonds is 2. The molecule has 0 unspecified atom stereocenters. The largest absolute Gasteiger partial charge is 0.381 e. The maximum Gasteiger partial charge on any atom is 0.150 e. The summed E-state index contributed by atoms with van der Waals surface area (Å²) in [4.78, 5) is 0. The molecule has 0 radical (unpaired) electrons. The van der Waals surface area contributed by atoms with Gasteiger partial charge in [0.05, 0.1) is 0 Å². The van der Waals surface area contributed by atoms with E-state index < -0.39 is 11.6 Å². The predicted octanol–water partition coefficient (Wildman–Crippen LogP) is 3.32. The standard InChI is InChI=1S/C11H12BrF2NO/c12-7-5-9(13)11(10(14)6-7)15-8-1-3-16-4-2-8/h5-6,8,15H,1-4H2. The highest BCUT2D eigenvalue weighted by Crippen LogP contribution is 2.25. The third-order valence-electron chi connectivity index (χ3n) is 2.58. The first kappa shape index (κ1) is 11.8. The van der Waals surface area contributed by atoms with Crippen LogP contribution in [-0.4, -0.2) is 19.3 Å². The van der Waals surface area contributed by atoms with Crippen molar-refractivity contribution in [3.63, 3.8) is 0 Å². The molecular weight excluding hydrogens is 280 g/mol. The average Bonchev–Trinajstić information content (AvgIpc) is 2.25. The first-order chi connectivity index (χ1) is 7.66. The Labute approximate surface area is 101 Å². The Morgan fingerprint density at radius 2 is 1.75 bits per heavy atom. The van der Waals surface area contributed by atoms with Gasteiger partial charge in [-0.1, -0.05) is 15.9 Å². The minimum atomic E-state index is -0.571. The van der Waals surface area contributed by atoms with E-state index in [0.717, 1.165) is 12.8 Å². The predicted molar refractivity (Wildman–Crippen MR) is 61.5 cm³/mol. The fourth-order valence-corrected chi connectivity index (χ4v) is 2.13. The molecule has 1 aromatic carbocycles. The molecule has 0 aliphatic carbocycles. The Morgan fingerprint density at radius 1 is 1.19 bits per heavy atom. The lowest BCUT2D eigenvalue weighted by Gasteiger charge is -2.24. The van der Waals surface area contributed by atoms with Crippen LogP contribution >= 0.6 is 15.9 Å². The maximum absolute atomic E-state index is 13.5. The summed E-state index contributed by atoms with van der Waals surface area (Å²) >= 11 is 3.04. The fourth-order valence-electron chi connectivity index (χ4n) is 1.73. The number of hydrogen-bond donors (Lipinski definition) is 1. The third-order valence-corrected chi connectivity index (χ3v) is 3.03. The fraction of sp³-hybridized carbons (Fsp3) is 0.455. The normalized spacial score (nSPS) is 17.4. The second kappa shape index (κ2) is 5.10. The molecule has 0 bridgehead atoms. The molecule has 2 rings (SSSR count). The lowest BCUT2D eigenvalue weighted by molar-refractivity contribution is 0.0903. The smallest absolute Gasteiger partial charge is 0.150 e. The lowest BCUT2D eigenvalue weighted by atomic mass is 10.1. The monoisotopic (exact) mass is 291 g/mol. The van der Waals surface area contributed by atoms with Crippen molar-refractivity contribution in [2.45, 2.75) is 18.9 Å². The Hall–Kier alpha value is -0.680. The molecule has 88 valence electrons. The van der Waals surface area contributed by atoms with E-state index in [0.29, 0.717) is 17.7 Å². The summed E-state index contributed by atoms with van der Waals surface area (Å²) in [5.74, 6) is -1.14. The quantitative estimate of drug-likeness (QED) is 0.903. The maximum atomic E-state index is 13.5. The van der Waals surface area contributed by atoms with E-state index in [4.69, 9.17) is 4.74 Å². The first-order valence-electron chi connectivity index (χ1n) is 5.15. The van der Waals surface area contributed by atoms with Crippen molar-refractivity contribution in [2.24, 2.45) is 0 Å². The van der Waals surface area contributed by atoms with Crippen LogP contribution in [0.15, 0.2) is 16.6 Å². The van der Waals surface area contributed by atoms with Crippen LogP contribution in [0.4, 0.5) is 14.5 Å². The van der Waals surface area contributed by atoms with Crippen molar-refractivity contribution in [3.8, 4) is 0 Å². The summed E-state index contributed by atoms with van der Waals surface area (Å²) in [5.41, 5.74) is -0.0462. The molecule has 0 atom stereocenters. The van der Waals surface area contributed by atoms with Gasteiger partial charge in [-0.15, -0.1) is 0 Å². The van der Waals surface area contributed by atoms with E-state index in [1.54, 1.807) is 0 Å². The zero-order valence-electron chi connectivity index (χ0n) is 8.60. The van der Waals surface area contributed by atoms with Crippen molar-refractivity contribution in [3.05, 3.63) is 28.2 Å². The summed E-state index contributed by atoms with van der Waals surface area (Å²) in [5, 5.41) is 2.89. The molecular formula is C11H12BrF2NO. The van der Waals surface area contributed by atoms with E-state index in [-0.39, 0.29) is 11.7 Å². The highest BCUT2D eigenvalue weighted by Gasteiger charge is 2.17. The Morgan fingerprint density at radius 3 is 2.31 bits per heavy atom. The second-order valence-corrected chi connectivity index (χ2v) is 4.69. The topological polar surface area (TPSA) is 21.3 Å². The molecule has 0 amide bonds. The minimum Gasteiger partial charge on any atom is -0.381 e. The summed E-state index contributed by atoms with van der Waals surface area (Å²) in [6, 6.07) is 2.59. The average molecular weight is 292 g/mol. The SMILES string of the molecule is Fc1cc(Br)cc(F)c1NC1CCOCC1. The van der Waals surface area contributed by atoms with Gasteiger partial charge in [0.15, 0.2) is 0 Å². The van der Waals surface area contributed by atoms with Crippen LogP contribution < -0.4 is 5.32 Å². The molecule has 0 aromatic heterocycles. The van der Waals surface area contributed by atoms with Gasteiger partial charge in [-0.2, -0.15) is 0 Å². The molecule has 1 aliphatic heterocycles. The molecule has 1 saturated heterocycles. The van der Waals surface area contributed by atoms with Crippen molar-refractivity contribution >= 4 is 21.6 Å². The van der Waals surface area contributed by atoms with Gasteiger partial charge < -0.3 is 10.1 Å². The number of nitrogens with one attached hydrogen (secondary N) is 1. The number of hydrogen-bond acceptors (Lipinski definition) is 2. The van der Waals surface area contributed by atoms with Gasteiger partial charge in [0.1, 0.15) is 17.3 Å². The van der Waals surface area contributed by atoms with Crippen molar-refractivity contribution in [1.29, 1.82) is 0 Å². The second-order valence-electron chi connectivity index (χ2n) is 3.78. The van der Waals surface area contributed by atoms with E-state index in [1.807, 2.05) is 0 Å². The van der Waals surface area contributed by atoms with Crippen molar-refractivity contribution in [2.75, 3.05) is 18.5 Å². The molecule has 0 spiro atoms. The first-order valence-corrected chi connectivity index (χ1v) is 5.95. The van der Waals surface area contributed by atoms with Gasteiger partial charge in [0, 0.05) is 23.7 Å². The highest BCUT2D eigenvalue weighted by molar-refractivity contribution is 9.10. The molecule has 5 heteroatoms. The van der Waals surface area contributed by atoms with Crippen LogP contribution in [0, 0.1) is 11.6 Å². The summed E-state index contributed by atoms with van der Waals surface area (Å²) in [6.45, 7) is 1.27. The molecule has 1 aliphatic rings. The van der Waals surface area contributed by atoms with Crippen molar-refractivity contribution < 1.29 is 13.5 Å². The van der Waals surface area contributed by atoms with Crippen LogP contribution in [0.5, 0.6) is 0 Å². The van der Waals surface area contributed by atoms with Crippen LogP contribution in [-0.2, 0) is 4.74 Å². The number of ether oxygens (including phenoxy) is 1. The van der Waals surface area contributed by atoms with E-state index in [2.05, 4.69) is 21.2 Å². The Balaban J connectivity index is 2.14. The Bertz CT molecular complexity index is 357. The van der Waals surface area contributed by atoms with Crippen LogP contribution in [0.2, 0.25) is 0 Å². The molecule has 1 aromatic rings. The van der Waals surface area contributed by atoms with Gasteiger partial charge in [-0.25, -0.2) is 8.78 Å². The molecule has 1 N–H and O–H groups in total. The molecule has 1 heterocycles.